The Balaban J connectivity index is 2.03. The third kappa shape index (κ3) is 3.07. The first-order valence-corrected chi connectivity index (χ1v) is 6.34. The van der Waals surface area contributed by atoms with Crippen molar-refractivity contribution in [2.24, 2.45) is 0 Å². The second-order valence-electron chi connectivity index (χ2n) is 4.58. The van der Waals surface area contributed by atoms with E-state index in [1.54, 1.807) is 0 Å². The van der Waals surface area contributed by atoms with Crippen LogP contribution < -0.4 is 5.32 Å². The van der Waals surface area contributed by atoms with Crippen LogP contribution in [0.4, 0.5) is 0 Å². The highest BCUT2D eigenvalue weighted by atomic mass is 16.2. The van der Waals surface area contributed by atoms with Gasteiger partial charge < -0.3 is 10.2 Å². The summed E-state index contributed by atoms with van der Waals surface area (Å²) in [6.07, 6.45) is 3.54. The summed E-state index contributed by atoms with van der Waals surface area (Å²) in [7, 11) is 1.92. The van der Waals surface area contributed by atoms with Gasteiger partial charge in [-0.1, -0.05) is 12.1 Å². The Labute approximate surface area is 103 Å². The van der Waals surface area contributed by atoms with Crippen molar-refractivity contribution in [1.29, 1.82) is 0 Å². The van der Waals surface area contributed by atoms with Gasteiger partial charge in [0.2, 0.25) is 0 Å². The Hall–Kier alpha value is -1.35. The van der Waals surface area contributed by atoms with Gasteiger partial charge in [0, 0.05) is 25.2 Å². The van der Waals surface area contributed by atoms with Gasteiger partial charge in [0.15, 0.2) is 0 Å². The molecule has 0 aromatic heterocycles. The summed E-state index contributed by atoms with van der Waals surface area (Å²) < 4.78 is 0. The maximum Gasteiger partial charge on any atom is 0.253 e. The van der Waals surface area contributed by atoms with Crippen LogP contribution in [0.1, 0.15) is 35.2 Å². The van der Waals surface area contributed by atoms with Crippen LogP contribution in [0.3, 0.4) is 0 Å². The van der Waals surface area contributed by atoms with Crippen LogP contribution in [0, 0.1) is 0 Å². The zero-order valence-corrected chi connectivity index (χ0v) is 10.4. The number of nitrogens with one attached hydrogen (secondary N) is 1. The molecule has 1 saturated heterocycles. The van der Waals surface area contributed by atoms with Gasteiger partial charge >= 0.3 is 0 Å². The molecule has 0 unspecified atom stereocenters. The number of amides is 1. The molecule has 1 aliphatic rings. The number of hydrogen-bond acceptors (Lipinski definition) is 2. The van der Waals surface area contributed by atoms with Gasteiger partial charge in [-0.2, -0.15) is 0 Å². The van der Waals surface area contributed by atoms with Crippen molar-refractivity contribution in [3.63, 3.8) is 0 Å². The van der Waals surface area contributed by atoms with Crippen molar-refractivity contribution in [1.82, 2.24) is 10.2 Å². The van der Waals surface area contributed by atoms with E-state index in [0.29, 0.717) is 0 Å². The number of carbonyl (C=O) groups excluding carboxylic acids is 1. The van der Waals surface area contributed by atoms with Crippen molar-refractivity contribution < 1.29 is 4.79 Å². The lowest BCUT2D eigenvalue weighted by atomic mass is 10.1. The standard InChI is InChI=1S/C14H20N2O/c1-15-11-12-5-7-13(8-6-12)14(17)16-9-3-2-4-10-16/h5-8,15H,2-4,9-11H2,1H3. The van der Waals surface area contributed by atoms with Crippen LogP contribution in [-0.4, -0.2) is 30.9 Å². The highest BCUT2D eigenvalue weighted by molar-refractivity contribution is 5.94. The molecule has 0 radical (unpaired) electrons. The van der Waals surface area contributed by atoms with Gasteiger partial charge in [0.05, 0.1) is 0 Å². The molecule has 0 saturated carbocycles. The minimum Gasteiger partial charge on any atom is -0.339 e. The molecule has 17 heavy (non-hydrogen) atoms. The van der Waals surface area contributed by atoms with E-state index in [2.05, 4.69) is 5.32 Å². The molecule has 0 aliphatic carbocycles. The van der Waals surface area contributed by atoms with Crippen LogP contribution >= 0.6 is 0 Å². The maximum atomic E-state index is 12.2. The fraction of sp³-hybridized carbons (Fsp3) is 0.500. The van der Waals surface area contributed by atoms with Crippen molar-refractivity contribution in [3.05, 3.63) is 35.4 Å². The monoisotopic (exact) mass is 232 g/mol. The van der Waals surface area contributed by atoms with E-state index in [-0.39, 0.29) is 5.91 Å². The molecule has 3 heteroatoms. The molecular formula is C14H20N2O. The summed E-state index contributed by atoms with van der Waals surface area (Å²) in [5.41, 5.74) is 2.02. The van der Waals surface area contributed by atoms with Gasteiger partial charge in [-0.3, -0.25) is 4.79 Å². The number of nitrogens with zero attached hydrogens (tertiary/aromatic N) is 1. The summed E-state index contributed by atoms with van der Waals surface area (Å²) in [5, 5.41) is 3.10. The predicted octanol–water partition coefficient (Wildman–Crippen LogP) is 2.03. The highest BCUT2D eigenvalue weighted by Crippen LogP contribution is 2.13. The smallest absolute Gasteiger partial charge is 0.253 e. The molecule has 1 heterocycles. The van der Waals surface area contributed by atoms with E-state index in [4.69, 9.17) is 0 Å². The maximum absolute atomic E-state index is 12.2. The number of hydrogen-bond donors (Lipinski definition) is 1. The van der Waals surface area contributed by atoms with Crippen molar-refractivity contribution in [2.45, 2.75) is 25.8 Å². The normalized spacial score (nSPS) is 15.9. The Kier molecular flexibility index (Phi) is 4.15. The zero-order chi connectivity index (χ0) is 12.1. The van der Waals surface area contributed by atoms with Crippen LogP contribution in [0.5, 0.6) is 0 Å². The SMILES string of the molecule is CNCc1ccc(C(=O)N2CCCCC2)cc1. The predicted molar refractivity (Wildman–Crippen MR) is 69.0 cm³/mol. The molecule has 2 rings (SSSR count). The molecule has 1 aromatic carbocycles. The van der Waals surface area contributed by atoms with Crippen LogP contribution in [0.25, 0.3) is 0 Å². The number of benzene rings is 1. The fourth-order valence-corrected chi connectivity index (χ4v) is 2.25. The largest absolute Gasteiger partial charge is 0.339 e. The molecule has 1 amide bonds. The second-order valence-corrected chi connectivity index (χ2v) is 4.58. The molecule has 92 valence electrons. The number of piperidine rings is 1. The number of rotatable bonds is 3. The molecule has 3 nitrogen and oxygen atoms in total. The first-order chi connectivity index (χ1) is 8.31. The summed E-state index contributed by atoms with van der Waals surface area (Å²) in [6, 6.07) is 7.91. The number of likely N-dealkylation sites (tertiary alicyclic amines) is 1. The molecular weight excluding hydrogens is 212 g/mol. The van der Waals surface area contributed by atoms with Crippen LogP contribution in [0.2, 0.25) is 0 Å². The third-order valence-corrected chi connectivity index (χ3v) is 3.23. The number of carbonyl (C=O) groups is 1. The van der Waals surface area contributed by atoms with Crippen molar-refractivity contribution in [2.75, 3.05) is 20.1 Å². The molecule has 0 spiro atoms. The molecule has 1 N–H and O–H groups in total. The minimum absolute atomic E-state index is 0.181. The van der Waals surface area contributed by atoms with E-state index in [1.807, 2.05) is 36.2 Å². The Morgan fingerprint density at radius 2 is 1.82 bits per heavy atom. The lowest BCUT2D eigenvalue weighted by Crippen LogP contribution is -2.35. The van der Waals surface area contributed by atoms with E-state index >= 15 is 0 Å². The topological polar surface area (TPSA) is 32.3 Å². The van der Waals surface area contributed by atoms with Gasteiger partial charge in [-0.25, -0.2) is 0 Å². The van der Waals surface area contributed by atoms with E-state index in [9.17, 15) is 4.79 Å². The van der Waals surface area contributed by atoms with Crippen molar-refractivity contribution >= 4 is 5.91 Å². The summed E-state index contributed by atoms with van der Waals surface area (Å²) >= 11 is 0. The summed E-state index contributed by atoms with van der Waals surface area (Å²) in [5.74, 6) is 0.181. The third-order valence-electron chi connectivity index (χ3n) is 3.23. The van der Waals surface area contributed by atoms with Gasteiger partial charge in [-0.15, -0.1) is 0 Å². The van der Waals surface area contributed by atoms with Crippen LogP contribution in [0.15, 0.2) is 24.3 Å². The van der Waals surface area contributed by atoms with Crippen molar-refractivity contribution in [3.8, 4) is 0 Å². The molecule has 1 aromatic rings. The highest BCUT2D eigenvalue weighted by Gasteiger charge is 2.17. The lowest BCUT2D eigenvalue weighted by Gasteiger charge is -2.26. The van der Waals surface area contributed by atoms with Crippen LogP contribution in [-0.2, 0) is 6.54 Å². The molecule has 1 aliphatic heterocycles. The Morgan fingerprint density at radius 1 is 1.18 bits per heavy atom. The molecule has 0 bridgehead atoms. The van der Waals surface area contributed by atoms with Gasteiger partial charge in [0.1, 0.15) is 0 Å². The molecule has 0 atom stereocenters. The average molecular weight is 232 g/mol. The first kappa shape index (κ1) is 12.1. The van der Waals surface area contributed by atoms with Gasteiger partial charge in [0.25, 0.3) is 5.91 Å². The lowest BCUT2D eigenvalue weighted by molar-refractivity contribution is 0.0724. The van der Waals surface area contributed by atoms with E-state index < -0.39 is 0 Å². The van der Waals surface area contributed by atoms with E-state index in [0.717, 1.165) is 38.0 Å². The van der Waals surface area contributed by atoms with E-state index in [1.165, 1.54) is 12.0 Å². The second kappa shape index (κ2) is 5.82. The molecule has 1 fully saturated rings. The minimum atomic E-state index is 0.181. The summed E-state index contributed by atoms with van der Waals surface area (Å²) in [6.45, 7) is 2.67. The zero-order valence-electron chi connectivity index (χ0n) is 10.4. The fourth-order valence-electron chi connectivity index (χ4n) is 2.25. The first-order valence-electron chi connectivity index (χ1n) is 6.34. The average Bonchev–Trinajstić information content (AvgIpc) is 2.40. The quantitative estimate of drug-likeness (QED) is 0.865. The Bertz CT molecular complexity index is 366. The summed E-state index contributed by atoms with van der Waals surface area (Å²) in [4.78, 5) is 14.1. The van der Waals surface area contributed by atoms with Gasteiger partial charge in [-0.05, 0) is 44.0 Å². The Morgan fingerprint density at radius 3 is 2.41 bits per heavy atom.